The van der Waals surface area contributed by atoms with E-state index in [1.54, 1.807) is 25.3 Å². The van der Waals surface area contributed by atoms with Gasteiger partial charge in [0, 0.05) is 44.0 Å². The Labute approximate surface area is 172 Å². The zero-order chi connectivity index (χ0) is 20.7. The third kappa shape index (κ3) is 6.68. The molecule has 0 saturated carbocycles. The molecule has 1 amide bonds. The summed E-state index contributed by atoms with van der Waals surface area (Å²) >= 11 is 1.37. The van der Waals surface area contributed by atoms with Crippen molar-refractivity contribution in [2.24, 2.45) is 0 Å². The molecule has 0 aliphatic carbocycles. The number of anilines is 1. The largest absolute Gasteiger partial charge is 0.495 e. The van der Waals surface area contributed by atoms with Gasteiger partial charge in [-0.15, -0.1) is 0 Å². The summed E-state index contributed by atoms with van der Waals surface area (Å²) in [5.41, 5.74) is 0.372. The predicted octanol–water partition coefficient (Wildman–Crippen LogP) is 3.14. The van der Waals surface area contributed by atoms with Crippen molar-refractivity contribution in [3.8, 4) is 5.75 Å². The summed E-state index contributed by atoms with van der Waals surface area (Å²) in [7, 11) is 3.67. The van der Waals surface area contributed by atoms with Gasteiger partial charge in [0.1, 0.15) is 23.3 Å². The molecular formula is C20H31N3O4S. The maximum Gasteiger partial charge on any atom is 0.425 e. The number of carbonyl (C=O) groups is 2. The fraction of sp³-hybridized carbons (Fsp3) is 0.600. The molecule has 1 aliphatic rings. The molecule has 0 atom stereocenters. The van der Waals surface area contributed by atoms with Gasteiger partial charge in [0.15, 0.2) is 0 Å². The maximum atomic E-state index is 12.9. The van der Waals surface area contributed by atoms with Crippen molar-refractivity contribution in [2.45, 2.75) is 26.4 Å². The maximum absolute atomic E-state index is 12.9. The number of aldehydes is 1. The molecular weight excluding hydrogens is 378 g/mol. The summed E-state index contributed by atoms with van der Waals surface area (Å²) in [6, 6.07) is 5.01. The highest BCUT2D eigenvalue weighted by Crippen LogP contribution is 2.34. The highest BCUT2D eigenvalue weighted by molar-refractivity contribution is 8.01. The molecule has 1 aromatic rings. The van der Waals surface area contributed by atoms with Crippen molar-refractivity contribution >= 4 is 30.0 Å². The molecule has 0 radical (unpaired) electrons. The number of likely N-dealkylation sites (N-methyl/N-ethyl adjacent to an activating group) is 1. The van der Waals surface area contributed by atoms with Gasteiger partial charge in [0.05, 0.1) is 7.11 Å². The molecule has 2 rings (SSSR count). The van der Waals surface area contributed by atoms with E-state index in [9.17, 15) is 9.59 Å². The number of rotatable bonds is 7. The molecule has 1 aromatic carbocycles. The number of hydrogen-bond acceptors (Lipinski definition) is 7. The van der Waals surface area contributed by atoms with E-state index in [4.69, 9.17) is 9.47 Å². The van der Waals surface area contributed by atoms with E-state index < -0.39 is 11.7 Å². The Morgan fingerprint density at radius 1 is 1.25 bits per heavy atom. The van der Waals surface area contributed by atoms with Crippen molar-refractivity contribution in [1.82, 2.24) is 9.80 Å². The van der Waals surface area contributed by atoms with E-state index in [2.05, 4.69) is 16.8 Å². The standard InChI is InChI=1S/C20H31N3O4S/c1-20(2,3)27-19(25)23(17-14-16(15-24)6-7-18(17)26-5)28-13-12-22-10-8-21(4)9-11-22/h6-7,14-15H,8-13H2,1-5H3. The van der Waals surface area contributed by atoms with Crippen LogP contribution in [0.15, 0.2) is 18.2 Å². The lowest BCUT2D eigenvalue weighted by Gasteiger charge is -2.33. The third-order valence-corrected chi connectivity index (χ3v) is 5.31. The fourth-order valence-electron chi connectivity index (χ4n) is 2.80. The van der Waals surface area contributed by atoms with Crippen LogP contribution >= 0.6 is 11.9 Å². The van der Waals surface area contributed by atoms with Gasteiger partial charge < -0.3 is 14.4 Å². The minimum Gasteiger partial charge on any atom is -0.495 e. The molecule has 0 aromatic heterocycles. The smallest absolute Gasteiger partial charge is 0.425 e. The fourth-order valence-corrected chi connectivity index (χ4v) is 3.74. The lowest BCUT2D eigenvalue weighted by Crippen LogP contribution is -2.45. The molecule has 0 N–H and O–H groups in total. The molecule has 0 spiro atoms. The van der Waals surface area contributed by atoms with Crippen molar-refractivity contribution in [1.29, 1.82) is 0 Å². The van der Waals surface area contributed by atoms with Gasteiger partial charge in [-0.05, 0) is 58.0 Å². The molecule has 0 bridgehead atoms. The second-order valence-electron chi connectivity index (χ2n) is 7.80. The molecule has 0 unspecified atom stereocenters. The number of ether oxygens (including phenoxy) is 2. The lowest BCUT2D eigenvalue weighted by atomic mass is 10.2. The SMILES string of the molecule is COc1ccc(C=O)cc1N(SCCN1CCN(C)CC1)C(=O)OC(C)(C)C. The normalized spacial score (nSPS) is 15.9. The molecule has 1 aliphatic heterocycles. The summed E-state index contributed by atoms with van der Waals surface area (Å²) in [6.07, 6.45) is 0.280. The predicted molar refractivity (Wildman–Crippen MR) is 113 cm³/mol. The Bertz CT molecular complexity index is 670. The molecule has 1 fully saturated rings. The van der Waals surface area contributed by atoms with Crippen molar-refractivity contribution in [2.75, 3.05) is 56.9 Å². The lowest BCUT2D eigenvalue weighted by molar-refractivity contribution is 0.0611. The van der Waals surface area contributed by atoms with E-state index >= 15 is 0 Å². The van der Waals surface area contributed by atoms with Crippen molar-refractivity contribution in [3.05, 3.63) is 23.8 Å². The minimum atomic E-state index is -0.622. The van der Waals surface area contributed by atoms with E-state index in [0.29, 0.717) is 17.0 Å². The van der Waals surface area contributed by atoms with Gasteiger partial charge in [0.25, 0.3) is 0 Å². The summed E-state index contributed by atoms with van der Waals surface area (Å²) < 4.78 is 12.5. The highest BCUT2D eigenvalue weighted by atomic mass is 32.2. The van der Waals surface area contributed by atoms with Crippen LogP contribution in [0.4, 0.5) is 10.5 Å². The van der Waals surface area contributed by atoms with E-state index in [1.807, 2.05) is 20.8 Å². The number of carbonyl (C=O) groups excluding carboxylic acids is 2. The first-order valence-corrected chi connectivity index (χ1v) is 10.4. The number of piperazine rings is 1. The Morgan fingerprint density at radius 2 is 1.93 bits per heavy atom. The number of hydrogen-bond donors (Lipinski definition) is 0. The first kappa shape index (κ1) is 22.5. The minimum absolute atomic E-state index is 0.475. The number of benzene rings is 1. The average Bonchev–Trinajstić information content (AvgIpc) is 2.64. The van der Waals surface area contributed by atoms with Crippen LogP contribution in [0, 0.1) is 0 Å². The quantitative estimate of drug-likeness (QED) is 0.506. The van der Waals surface area contributed by atoms with Crippen LogP contribution in [0.25, 0.3) is 0 Å². The Hall–Kier alpha value is -1.77. The zero-order valence-electron chi connectivity index (χ0n) is 17.4. The Balaban J connectivity index is 2.15. The summed E-state index contributed by atoms with van der Waals surface area (Å²) in [4.78, 5) is 28.8. The van der Waals surface area contributed by atoms with Gasteiger partial charge >= 0.3 is 6.09 Å². The van der Waals surface area contributed by atoms with Crippen molar-refractivity contribution in [3.63, 3.8) is 0 Å². The molecule has 28 heavy (non-hydrogen) atoms. The van der Waals surface area contributed by atoms with Crippen LogP contribution in [0.3, 0.4) is 0 Å². The van der Waals surface area contributed by atoms with Gasteiger partial charge in [-0.3, -0.25) is 9.69 Å². The topological polar surface area (TPSA) is 62.3 Å². The molecule has 1 saturated heterocycles. The highest BCUT2D eigenvalue weighted by Gasteiger charge is 2.27. The van der Waals surface area contributed by atoms with Crippen molar-refractivity contribution < 1.29 is 19.1 Å². The number of nitrogens with zero attached hydrogens (tertiary/aromatic N) is 3. The number of methoxy groups -OCH3 is 1. The van der Waals surface area contributed by atoms with Crippen LogP contribution < -0.4 is 9.04 Å². The molecule has 156 valence electrons. The van der Waals surface area contributed by atoms with Crippen LogP contribution in [-0.4, -0.2) is 80.4 Å². The van der Waals surface area contributed by atoms with Gasteiger partial charge in [-0.25, -0.2) is 9.10 Å². The summed E-state index contributed by atoms with van der Waals surface area (Å²) in [5.74, 6) is 1.24. The Morgan fingerprint density at radius 3 is 2.50 bits per heavy atom. The second kappa shape index (κ2) is 10.1. The van der Waals surface area contributed by atoms with Gasteiger partial charge in [0.2, 0.25) is 0 Å². The molecule has 8 heteroatoms. The van der Waals surface area contributed by atoms with Crippen LogP contribution in [0.2, 0.25) is 0 Å². The second-order valence-corrected chi connectivity index (χ2v) is 8.83. The molecule has 1 heterocycles. The van der Waals surface area contributed by atoms with Crippen LogP contribution in [-0.2, 0) is 4.74 Å². The van der Waals surface area contributed by atoms with Gasteiger partial charge in [-0.1, -0.05) is 0 Å². The van der Waals surface area contributed by atoms with Gasteiger partial charge in [-0.2, -0.15) is 0 Å². The number of amides is 1. The summed E-state index contributed by atoms with van der Waals surface area (Å²) in [5, 5.41) is 0. The van der Waals surface area contributed by atoms with E-state index in [1.165, 1.54) is 16.3 Å². The third-order valence-electron chi connectivity index (χ3n) is 4.34. The van der Waals surface area contributed by atoms with E-state index in [0.717, 1.165) is 44.8 Å². The van der Waals surface area contributed by atoms with Crippen LogP contribution in [0.1, 0.15) is 31.1 Å². The average molecular weight is 410 g/mol. The van der Waals surface area contributed by atoms with Crippen LogP contribution in [0.5, 0.6) is 5.75 Å². The molecule has 7 nitrogen and oxygen atoms in total. The first-order valence-electron chi connectivity index (χ1n) is 9.43. The van der Waals surface area contributed by atoms with E-state index in [-0.39, 0.29) is 0 Å². The Kier molecular flexibility index (Phi) is 8.15. The zero-order valence-corrected chi connectivity index (χ0v) is 18.3. The summed E-state index contributed by atoms with van der Waals surface area (Å²) in [6.45, 7) is 10.5. The first-order chi connectivity index (χ1) is 13.2. The monoisotopic (exact) mass is 409 g/mol.